The van der Waals surface area contributed by atoms with Crippen molar-refractivity contribution >= 4 is 11.8 Å². The Balaban J connectivity index is 1.33. The summed E-state index contributed by atoms with van der Waals surface area (Å²) in [6, 6.07) is -0.147. The number of rotatable bonds is 14. The van der Waals surface area contributed by atoms with Gasteiger partial charge in [0.1, 0.15) is 6.04 Å². The van der Waals surface area contributed by atoms with E-state index in [-0.39, 0.29) is 42.3 Å². The predicted octanol–water partition coefficient (Wildman–Crippen LogP) is 2.96. The van der Waals surface area contributed by atoms with Gasteiger partial charge < -0.3 is 36.0 Å². The number of aliphatic hydroxyl groups is 1. The predicted molar refractivity (Wildman–Crippen MR) is 197 cm³/mol. The topological polar surface area (TPSA) is 133 Å². The highest BCUT2D eigenvalue weighted by Crippen LogP contribution is 2.61. The molecule has 11 heteroatoms. The Hall–Kier alpha value is -1.34. The van der Waals surface area contributed by atoms with Crippen molar-refractivity contribution in [3.63, 3.8) is 0 Å². The van der Waals surface area contributed by atoms with Crippen molar-refractivity contribution < 1.29 is 24.3 Å². The van der Waals surface area contributed by atoms with Gasteiger partial charge in [0.05, 0.1) is 18.3 Å². The van der Waals surface area contributed by atoms with Gasteiger partial charge >= 0.3 is 0 Å². The molecule has 6 aliphatic rings. The van der Waals surface area contributed by atoms with E-state index in [4.69, 9.17) is 15.3 Å². The number of nitrogens with two attached hydrogens (primary N) is 1. The van der Waals surface area contributed by atoms with Crippen molar-refractivity contribution in [3.8, 4) is 0 Å². The fourth-order valence-electron chi connectivity index (χ4n) is 11.1. The summed E-state index contributed by atoms with van der Waals surface area (Å²) in [4.78, 5) is 38.7. The summed E-state index contributed by atoms with van der Waals surface area (Å²) in [5, 5.41) is 19.6. The summed E-state index contributed by atoms with van der Waals surface area (Å²) >= 11 is 0. The SMILES string of the molecule is CCOC1C(CN2O[C@@H](CN)[C@@H]([C@H](C)O)[C@H]2C(=O)N[C@H]2C[C@H]3C[C@@H]([C@@H]2C)C3(C)C)CCCC1C1CC(C(=O)NCCN(C)C)CC(N(C)C)C1. The first-order valence-electron chi connectivity index (χ1n) is 20.0. The maximum atomic E-state index is 14.3. The Morgan fingerprint density at radius 3 is 2.42 bits per heavy atom. The minimum atomic E-state index is -0.742. The van der Waals surface area contributed by atoms with Gasteiger partial charge in [-0.2, -0.15) is 5.06 Å². The first-order valence-corrected chi connectivity index (χ1v) is 20.0. The fraction of sp³-hybridized carbons (Fsp3) is 0.949. The molecule has 0 aromatic rings. The van der Waals surface area contributed by atoms with Gasteiger partial charge in [0.15, 0.2) is 0 Å². The number of hydrogen-bond donors (Lipinski definition) is 4. The third-order valence-electron chi connectivity index (χ3n) is 14.2. The molecule has 50 heavy (non-hydrogen) atoms. The summed E-state index contributed by atoms with van der Waals surface area (Å²) in [6.45, 7) is 13.8. The highest BCUT2D eigenvalue weighted by molar-refractivity contribution is 5.83. The summed E-state index contributed by atoms with van der Waals surface area (Å²) in [6.07, 6.45) is 7.03. The van der Waals surface area contributed by atoms with Crippen LogP contribution in [-0.2, 0) is 19.2 Å². The van der Waals surface area contributed by atoms with E-state index in [1.807, 2.05) is 19.2 Å². The van der Waals surface area contributed by atoms with Crippen LogP contribution in [0.4, 0.5) is 0 Å². The quantitative estimate of drug-likeness (QED) is 0.216. The molecule has 1 heterocycles. The lowest BCUT2D eigenvalue weighted by molar-refractivity contribution is -0.188. The Kier molecular flexibility index (Phi) is 13.4. The van der Waals surface area contributed by atoms with Gasteiger partial charge in [-0.15, -0.1) is 0 Å². The average Bonchev–Trinajstić information content (AvgIpc) is 3.44. The molecule has 2 amide bonds. The van der Waals surface area contributed by atoms with Gasteiger partial charge in [0.2, 0.25) is 11.8 Å². The van der Waals surface area contributed by atoms with Gasteiger partial charge in [-0.05, 0) is 122 Å². The number of nitrogens with one attached hydrogen (secondary N) is 2. The lowest BCUT2D eigenvalue weighted by Crippen LogP contribution is -2.62. The zero-order chi connectivity index (χ0) is 36.5. The molecule has 0 aromatic heterocycles. The molecule has 6 unspecified atom stereocenters. The number of likely N-dealkylation sites (N-methyl/N-ethyl adjacent to an activating group) is 1. The van der Waals surface area contributed by atoms with E-state index in [1.54, 1.807) is 6.92 Å². The second-order valence-corrected chi connectivity index (χ2v) is 18.0. The van der Waals surface area contributed by atoms with Crippen LogP contribution in [0.1, 0.15) is 86.0 Å². The molecule has 0 aromatic carbocycles. The van der Waals surface area contributed by atoms with Crippen molar-refractivity contribution in [2.24, 2.45) is 58.5 Å². The minimum absolute atomic E-state index is 0.000868. The van der Waals surface area contributed by atoms with Crippen LogP contribution in [-0.4, -0.2) is 129 Å². The van der Waals surface area contributed by atoms with Gasteiger partial charge in [-0.1, -0.05) is 27.2 Å². The fourth-order valence-corrected chi connectivity index (χ4v) is 11.1. The zero-order valence-corrected chi connectivity index (χ0v) is 32.8. The second-order valence-electron chi connectivity index (χ2n) is 18.0. The van der Waals surface area contributed by atoms with Gasteiger partial charge in [0, 0.05) is 62.6 Å². The number of carbonyl (C=O) groups is 2. The first-order chi connectivity index (χ1) is 23.7. The molecule has 6 rings (SSSR count). The van der Waals surface area contributed by atoms with Gasteiger partial charge in [0.25, 0.3) is 0 Å². The van der Waals surface area contributed by atoms with E-state index in [1.165, 1.54) is 6.42 Å². The van der Waals surface area contributed by atoms with Crippen molar-refractivity contribution in [1.82, 2.24) is 25.5 Å². The van der Waals surface area contributed by atoms with Crippen LogP contribution in [0.15, 0.2) is 0 Å². The summed E-state index contributed by atoms with van der Waals surface area (Å²) in [5.41, 5.74) is 6.57. The van der Waals surface area contributed by atoms with Crippen LogP contribution in [0, 0.1) is 52.8 Å². The molecule has 11 nitrogen and oxygen atoms in total. The van der Waals surface area contributed by atoms with Crippen LogP contribution in [0.5, 0.6) is 0 Å². The summed E-state index contributed by atoms with van der Waals surface area (Å²) in [5.74, 6) is 2.20. The molecule has 5 N–H and O–H groups in total. The molecule has 288 valence electrons. The Morgan fingerprint density at radius 2 is 1.82 bits per heavy atom. The number of aliphatic hydroxyl groups excluding tert-OH is 1. The first kappa shape index (κ1) is 39.9. The summed E-state index contributed by atoms with van der Waals surface area (Å²) in [7, 11) is 8.33. The molecular formula is C39H72N6O5. The van der Waals surface area contributed by atoms with Crippen molar-refractivity contribution in [2.75, 3.05) is 61.0 Å². The maximum absolute atomic E-state index is 14.3. The molecule has 2 bridgehead atoms. The third kappa shape index (κ3) is 8.39. The van der Waals surface area contributed by atoms with E-state index in [9.17, 15) is 14.7 Å². The van der Waals surface area contributed by atoms with Crippen molar-refractivity contribution in [3.05, 3.63) is 0 Å². The number of carbonyl (C=O) groups excluding carboxylic acids is 2. The Morgan fingerprint density at radius 1 is 1.08 bits per heavy atom. The highest BCUT2D eigenvalue weighted by Gasteiger charge is 2.58. The highest BCUT2D eigenvalue weighted by atomic mass is 16.7. The molecule has 5 saturated carbocycles. The normalized spacial score (nSPS) is 40.8. The van der Waals surface area contributed by atoms with Crippen molar-refractivity contribution in [1.29, 1.82) is 0 Å². The second kappa shape index (κ2) is 16.8. The number of nitrogens with zero attached hydrogens (tertiary/aromatic N) is 3. The molecule has 5 aliphatic carbocycles. The number of hydrogen-bond acceptors (Lipinski definition) is 9. The lowest BCUT2D eigenvalue weighted by atomic mass is 9.45. The van der Waals surface area contributed by atoms with Crippen LogP contribution in [0.3, 0.4) is 0 Å². The van der Waals surface area contributed by atoms with Crippen molar-refractivity contribution in [2.45, 2.75) is 122 Å². The molecule has 6 fully saturated rings. The number of amides is 2. The maximum Gasteiger partial charge on any atom is 0.240 e. The molecular weight excluding hydrogens is 632 g/mol. The molecule has 14 atom stereocenters. The Bertz CT molecular complexity index is 1140. The third-order valence-corrected chi connectivity index (χ3v) is 14.2. The van der Waals surface area contributed by atoms with Crippen LogP contribution in [0.2, 0.25) is 0 Å². The molecule has 0 radical (unpaired) electrons. The zero-order valence-electron chi connectivity index (χ0n) is 32.8. The largest absolute Gasteiger partial charge is 0.393 e. The number of fused-ring (bicyclic) bond motifs is 2. The molecule has 0 spiro atoms. The van der Waals surface area contributed by atoms with Gasteiger partial charge in [-0.25, -0.2) is 0 Å². The minimum Gasteiger partial charge on any atom is -0.393 e. The van der Waals surface area contributed by atoms with E-state index in [2.05, 4.69) is 62.2 Å². The van der Waals surface area contributed by atoms with E-state index >= 15 is 0 Å². The van der Waals surface area contributed by atoms with E-state index in [0.29, 0.717) is 60.7 Å². The molecule has 1 aliphatic heterocycles. The van der Waals surface area contributed by atoms with E-state index < -0.39 is 24.2 Å². The van der Waals surface area contributed by atoms with E-state index in [0.717, 1.165) is 51.5 Å². The Labute approximate surface area is 303 Å². The smallest absolute Gasteiger partial charge is 0.240 e. The standard InChI is InChI=1S/C39H72N6O5/c1-10-49-36-25(12-11-13-30(36)26-16-27(18-29(17-26)44(8)9)37(47)41-14-15-43(6)7)22-45-35(34(24(3)46)33(21-40)50-45)38(48)42-32-20-28-19-31(23(32)2)39(28,4)5/h23-36,46H,10-22,40H2,1-9H3,(H,41,47)(H,42,48)/t23-,24-,25?,26?,27?,28+,29?,30?,31-,32-,33-,34+,35-,36?/m0/s1. The monoisotopic (exact) mass is 705 g/mol. The van der Waals surface area contributed by atoms with Crippen LogP contribution >= 0.6 is 0 Å². The number of hydroxylamine groups is 2. The lowest BCUT2D eigenvalue weighted by Gasteiger charge is -2.62. The van der Waals surface area contributed by atoms with Crippen LogP contribution in [0.25, 0.3) is 0 Å². The summed E-state index contributed by atoms with van der Waals surface area (Å²) < 4.78 is 6.67. The van der Waals surface area contributed by atoms with Gasteiger partial charge in [-0.3, -0.25) is 14.4 Å². The number of ether oxygens (including phenoxy) is 1. The van der Waals surface area contributed by atoms with Crippen LogP contribution < -0.4 is 16.4 Å². The average molecular weight is 705 g/mol. The molecule has 1 saturated heterocycles.